The number of para-hydroxylation sites is 1. The summed E-state index contributed by atoms with van der Waals surface area (Å²) in [6, 6.07) is 19.1. The van der Waals surface area contributed by atoms with E-state index in [0.717, 1.165) is 12.3 Å². The number of rotatable bonds is 6. The fourth-order valence-corrected chi connectivity index (χ4v) is 2.06. The van der Waals surface area contributed by atoms with Crippen molar-refractivity contribution in [3.8, 4) is 0 Å². The van der Waals surface area contributed by atoms with E-state index in [1.807, 2.05) is 19.1 Å². The van der Waals surface area contributed by atoms with Crippen LogP contribution < -0.4 is 5.32 Å². The number of hydrogen-bond donors (Lipinski definition) is 1. The van der Waals surface area contributed by atoms with E-state index in [1.165, 1.54) is 11.1 Å². The number of nitrogens with one attached hydrogen (secondary N) is 1. The minimum absolute atomic E-state index is 0.281. The van der Waals surface area contributed by atoms with Gasteiger partial charge in [0.25, 0.3) is 0 Å². The molecule has 19 heavy (non-hydrogen) atoms. The van der Waals surface area contributed by atoms with E-state index in [2.05, 4.69) is 54.7 Å². The standard InChI is InChI=1S/C17H21NO/c1-3-19-13-16-11-7-8-12-17(16)18-14(2)15-9-5-4-6-10-15/h4-12,14,18H,3,13H2,1-2H3. The van der Waals surface area contributed by atoms with Gasteiger partial charge in [0.2, 0.25) is 0 Å². The van der Waals surface area contributed by atoms with Gasteiger partial charge in [0.05, 0.1) is 6.61 Å². The largest absolute Gasteiger partial charge is 0.378 e. The number of benzene rings is 2. The molecule has 2 rings (SSSR count). The molecule has 0 aliphatic rings. The smallest absolute Gasteiger partial charge is 0.0736 e. The lowest BCUT2D eigenvalue weighted by molar-refractivity contribution is 0.134. The molecule has 0 bridgehead atoms. The molecule has 0 spiro atoms. The molecule has 1 N–H and O–H groups in total. The highest BCUT2D eigenvalue weighted by molar-refractivity contribution is 5.52. The first-order chi connectivity index (χ1) is 9.31. The lowest BCUT2D eigenvalue weighted by Crippen LogP contribution is -2.08. The molecule has 1 atom stereocenters. The average molecular weight is 255 g/mol. The third-order valence-electron chi connectivity index (χ3n) is 3.15. The molecule has 0 amide bonds. The van der Waals surface area contributed by atoms with Crippen molar-refractivity contribution in [1.29, 1.82) is 0 Å². The summed E-state index contributed by atoms with van der Waals surface area (Å²) in [7, 11) is 0. The first kappa shape index (κ1) is 13.6. The van der Waals surface area contributed by atoms with Gasteiger partial charge in [-0.15, -0.1) is 0 Å². The van der Waals surface area contributed by atoms with Crippen LogP contribution in [0.25, 0.3) is 0 Å². The quantitative estimate of drug-likeness (QED) is 0.826. The van der Waals surface area contributed by atoms with Crippen LogP contribution in [0.4, 0.5) is 5.69 Å². The Hall–Kier alpha value is -1.80. The Kier molecular flexibility index (Phi) is 4.99. The van der Waals surface area contributed by atoms with E-state index < -0.39 is 0 Å². The van der Waals surface area contributed by atoms with Gasteiger partial charge in [0.15, 0.2) is 0 Å². The van der Waals surface area contributed by atoms with Gasteiger partial charge >= 0.3 is 0 Å². The summed E-state index contributed by atoms with van der Waals surface area (Å²) in [4.78, 5) is 0. The van der Waals surface area contributed by atoms with E-state index in [0.29, 0.717) is 6.61 Å². The zero-order chi connectivity index (χ0) is 13.5. The van der Waals surface area contributed by atoms with E-state index in [9.17, 15) is 0 Å². The molecule has 0 aliphatic heterocycles. The highest BCUT2D eigenvalue weighted by atomic mass is 16.5. The Morgan fingerprint density at radius 3 is 2.42 bits per heavy atom. The van der Waals surface area contributed by atoms with Gasteiger partial charge in [0, 0.05) is 23.9 Å². The van der Waals surface area contributed by atoms with E-state index in [1.54, 1.807) is 0 Å². The minimum Gasteiger partial charge on any atom is -0.378 e. The maximum atomic E-state index is 5.51. The normalized spacial score (nSPS) is 12.1. The van der Waals surface area contributed by atoms with Gasteiger partial charge in [-0.25, -0.2) is 0 Å². The van der Waals surface area contributed by atoms with Crippen LogP contribution in [0.1, 0.15) is 31.0 Å². The fourth-order valence-electron chi connectivity index (χ4n) is 2.06. The molecule has 0 aromatic heterocycles. The maximum Gasteiger partial charge on any atom is 0.0736 e. The monoisotopic (exact) mass is 255 g/mol. The van der Waals surface area contributed by atoms with Crippen molar-refractivity contribution >= 4 is 5.69 Å². The van der Waals surface area contributed by atoms with Crippen molar-refractivity contribution in [2.24, 2.45) is 0 Å². The van der Waals surface area contributed by atoms with Crippen LogP contribution in [-0.4, -0.2) is 6.61 Å². The van der Waals surface area contributed by atoms with E-state index >= 15 is 0 Å². The van der Waals surface area contributed by atoms with Crippen molar-refractivity contribution in [2.45, 2.75) is 26.5 Å². The number of hydrogen-bond acceptors (Lipinski definition) is 2. The predicted molar refractivity (Wildman–Crippen MR) is 80.3 cm³/mol. The Morgan fingerprint density at radius 1 is 1.00 bits per heavy atom. The molecule has 2 aromatic carbocycles. The van der Waals surface area contributed by atoms with Crippen LogP contribution in [0.2, 0.25) is 0 Å². The highest BCUT2D eigenvalue weighted by Crippen LogP contribution is 2.22. The van der Waals surface area contributed by atoms with Crippen molar-refractivity contribution < 1.29 is 4.74 Å². The summed E-state index contributed by atoms with van der Waals surface area (Å²) in [5, 5.41) is 3.56. The molecule has 1 unspecified atom stereocenters. The number of anilines is 1. The summed E-state index contributed by atoms with van der Waals surface area (Å²) in [6.07, 6.45) is 0. The molecule has 0 heterocycles. The molecule has 0 aliphatic carbocycles. The van der Waals surface area contributed by atoms with Crippen LogP contribution in [0, 0.1) is 0 Å². The first-order valence-corrected chi connectivity index (χ1v) is 6.78. The van der Waals surface area contributed by atoms with Crippen LogP contribution in [0.5, 0.6) is 0 Å². The van der Waals surface area contributed by atoms with Crippen LogP contribution in [-0.2, 0) is 11.3 Å². The second-order valence-corrected chi connectivity index (χ2v) is 4.57. The van der Waals surface area contributed by atoms with Crippen molar-refractivity contribution in [3.05, 3.63) is 65.7 Å². The summed E-state index contributed by atoms with van der Waals surface area (Å²) in [5.74, 6) is 0. The minimum atomic E-state index is 0.281. The van der Waals surface area contributed by atoms with Crippen molar-refractivity contribution in [2.75, 3.05) is 11.9 Å². The SMILES string of the molecule is CCOCc1ccccc1NC(C)c1ccccc1. The lowest BCUT2D eigenvalue weighted by Gasteiger charge is -2.18. The Labute approximate surface area is 115 Å². The molecule has 0 fully saturated rings. The van der Waals surface area contributed by atoms with Crippen LogP contribution >= 0.6 is 0 Å². The molecule has 2 heteroatoms. The highest BCUT2D eigenvalue weighted by Gasteiger charge is 2.07. The Balaban J connectivity index is 2.10. The molecule has 0 saturated heterocycles. The molecule has 2 aromatic rings. The fraction of sp³-hybridized carbons (Fsp3) is 0.294. The zero-order valence-electron chi connectivity index (χ0n) is 11.6. The zero-order valence-corrected chi connectivity index (χ0v) is 11.6. The topological polar surface area (TPSA) is 21.3 Å². The predicted octanol–water partition coefficient (Wildman–Crippen LogP) is 4.40. The van der Waals surface area contributed by atoms with Gasteiger partial charge in [0.1, 0.15) is 0 Å². The van der Waals surface area contributed by atoms with Gasteiger partial charge in [-0.1, -0.05) is 48.5 Å². The summed E-state index contributed by atoms with van der Waals surface area (Å²) in [5.41, 5.74) is 3.63. The molecular weight excluding hydrogens is 234 g/mol. The molecule has 0 radical (unpaired) electrons. The maximum absolute atomic E-state index is 5.51. The molecular formula is C17H21NO. The van der Waals surface area contributed by atoms with Gasteiger partial charge < -0.3 is 10.1 Å². The lowest BCUT2D eigenvalue weighted by atomic mass is 10.1. The first-order valence-electron chi connectivity index (χ1n) is 6.78. The Morgan fingerprint density at radius 2 is 1.68 bits per heavy atom. The van der Waals surface area contributed by atoms with Crippen molar-refractivity contribution in [1.82, 2.24) is 0 Å². The van der Waals surface area contributed by atoms with Crippen molar-refractivity contribution in [3.63, 3.8) is 0 Å². The van der Waals surface area contributed by atoms with E-state index in [4.69, 9.17) is 4.74 Å². The van der Waals surface area contributed by atoms with Crippen LogP contribution in [0.3, 0.4) is 0 Å². The third-order valence-corrected chi connectivity index (χ3v) is 3.15. The van der Waals surface area contributed by atoms with E-state index in [-0.39, 0.29) is 6.04 Å². The molecule has 0 saturated carbocycles. The summed E-state index contributed by atoms with van der Waals surface area (Å²) in [6.45, 7) is 5.58. The van der Waals surface area contributed by atoms with Gasteiger partial charge in [-0.3, -0.25) is 0 Å². The van der Waals surface area contributed by atoms with Gasteiger partial charge in [-0.2, -0.15) is 0 Å². The van der Waals surface area contributed by atoms with Gasteiger partial charge in [-0.05, 0) is 25.5 Å². The number of ether oxygens (including phenoxy) is 1. The third kappa shape index (κ3) is 3.83. The second-order valence-electron chi connectivity index (χ2n) is 4.57. The molecule has 100 valence electrons. The summed E-state index contributed by atoms with van der Waals surface area (Å²) < 4.78 is 5.51. The summed E-state index contributed by atoms with van der Waals surface area (Å²) >= 11 is 0. The molecule has 2 nitrogen and oxygen atoms in total. The Bertz CT molecular complexity index is 496. The van der Waals surface area contributed by atoms with Crippen LogP contribution in [0.15, 0.2) is 54.6 Å². The second kappa shape index (κ2) is 6.95. The average Bonchev–Trinajstić information content (AvgIpc) is 2.47.